The quantitative estimate of drug-likeness (QED) is 0.750. The molecule has 6 heteroatoms. The third-order valence-corrected chi connectivity index (χ3v) is 4.19. The van der Waals surface area contributed by atoms with Gasteiger partial charge in [0.05, 0.1) is 25.0 Å². The van der Waals surface area contributed by atoms with E-state index in [-0.39, 0.29) is 18.1 Å². The number of fused-ring (bicyclic) bond motifs is 2. The minimum atomic E-state index is -0.663. The van der Waals surface area contributed by atoms with Crippen molar-refractivity contribution in [1.82, 2.24) is 19.8 Å². The summed E-state index contributed by atoms with van der Waals surface area (Å²) in [6.45, 7) is 12.6. The number of nitrogens with zero attached hydrogens (tertiary/aromatic N) is 4. The molecule has 6 nitrogen and oxygen atoms in total. The molecule has 0 unspecified atom stereocenters. The molecule has 1 N–H and O–H groups in total. The second kappa shape index (κ2) is 4.07. The van der Waals surface area contributed by atoms with Crippen LogP contribution in [-0.2, 0) is 16.9 Å². The predicted molar refractivity (Wildman–Crippen MR) is 68.9 cm³/mol. The van der Waals surface area contributed by atoms with E-state index in [1.807, 2.05) is 4.57 Å². The third-order valence-electron chi connectivity index (χ3n) is 4.19. The molecule has 2 aliphatic heterocycles. The monoisotopic (exact) mass is 259 g/mol. The average molecular weight is 259 g/mol. The number of hydrogen-bond donors (Lipinski definition) is 1. The summed E-state index contributed by atoms with van der Waals surface area (Å²) < 4.78 is 1.96. The molecule has 19 heavy (non-hydrogen) atoms. The van der Waals surface area contributed by atoms with Crippen LogP contribution in [-0.4, -0.2) is 39.1 Å². The van der Waals surface area contributed by atoms with Gasteiger partial charge in [-0.25, -0.2) is 16.5 Å². The lowest BCUT2D eigenvalue weighted by atomic mass is 9.93. The van der Waals surface area contributed by atoms with Crippen molar-refractivity contribution in [3.63, 3.8) is 0 Å². The van der Waals surface area contributed by atoms with Crippen molar-refractivity contribution >= 4 is 5.91 Å². The van der Waals surface area contributed by atoms with Crippen molar-refractivity contribution < 1.29 is 4.79 Å². The summed E-state index contributed by atoms with van der Waals surface area (Å²) in [5, 5.41) is 2.93. The summed E-state index contributed by atoms with van der Waals surface area (Å²) in [7, 11) is 0. The van der Waals surface area contributed by atoms with Gasteiger partial charge in [-0.1, -0.05) is 0 Å². The van der Waals surface area contributed by atoms with Crippen molar-refractivity contribution in [3.05, 3.63) is 29.6 Å². The summed E-state index contributed by atoms with van der Waals surface area (Å²) in [6.07, 6.45) is 3.80. The Morgan fingerprint density at radius 2 is 2.42 bits per heavy atom. The van der Waals surface area contributed by atoms with Crippen molar-refractivity contribution in [2.24, 2.45) is 0 Å². The summed E-state index contributed by atoms with van der Waals surface area (Å²) in [6, 6.07) is 0.250. The number of rotatable bonds is 1. The molecule has 3 heterocycles. The lowest BCUT2D eigenvalue weighted by Gasteiger charge is -2.34. The summed E-state index contributed by atoms with van der Waals surface area (Å²) in [4.78, 5) is 22.4. The molecule has 2 aliphatic rings. The van der Waals surface area contributed by atoms with Gasteiger partial charge in [0.25, 0.3) is 6.17 Å². The molecule has 0 aliphatic carbocycles. The number of amides is 1. The molecule has 0 aromatic carbocycles. The normalized spacial score (nSPS) is 30.4. The molecule has 0 bridgehead atoms. The highest BCUT2D eigenvalue weighted by Gasteiger charge is 2.56. The first-order valence-corrected chi connectivity index (χ1v) is 6.51. The van der Waals surface area contributed by atoms with E-state index in [2.05, 4.69) is 33.9 Å². The lowest BCUT2D eigenvalue weighted by molar-refractivity contribution is -0.131. The highest BCUT2D eigenvalue weighted by molar-refractivity contribution is 5.86. The molecular weight excluding hydrogens is 242 g/mol. The van der Waals surface area contributed by atoms with Gasteiger partial charge in [0, 0.05) is 18.8 Å². The molecule has 0 saturated carbocycles. The van der Waals surface area contributed by atoms with Crippen LogP contribution in [0, 0.1) is 6.57 Å². The van der Waals surface area contributed by atoms with Crippen molar-refractivity contribution in [2.75, 3.05) is 6.54 Å². The van der Waals surface area contributed by atoms with Gasteiger partial charge in [0.1, 0.15) is 5.54 Å². The van der Waals surface area contributed by atoms with Gasteiger partial charge in [0.2, 0.25) is 5.91 Å². The average Bonchev–Trinajstić information content (AvgIpc) is 3.00. The zero-order chi connectivity index (χ0) is 13.6. The lowest BCUT2D eigenvalue weighted by Crippen LogP contribution is -2.54. The molecule has 1 fully saturated rings. The minimum Gasteiger partial charge on any atom is -0.348 e. The van der Waals surface area contributed by atoms with Gasteiger partial charge < -0.3 is 9.88 Å². The van der Waals surface area contributed by atoms with Crippen LogP contribution in [0.5, 0.6) is 0 Å². The predicted octanol–water partition coefficient (Wildman–Crippen LogP) is 0.568. The number of imidazole rings is 1. The standard InChI is InChI=1S/C13H17N5O/c1-9(2)17-7-13(4-11(17)14-3)12(19)16-6-10-5-15-8-18(10)13/h5,8-9,11H,4,6-7H2,1-2H3,(H,16,19)/t11-,13+/m0/s1. The van der Waals surface area contributed by atoms with Gasteiger partial charge in [0.15, 0.2) is 0 Å². The van der Waals surface area contributed by atoms with Gasteiger partial charge in [-0.3, -0.25) is 9.64 Å². The SMILES string of the molecule is [C-]#[N+][C@@H]1C[C@@]2(CN1C(C)C)C(=O)NCc1cncn12. The first-order valence-electron chi connectivity index (χ1n) is 6.51. The van der Waals surface area contributed by atoms with Gasteiger partial charge in [-0.05, 0) is 13.8 Å². The maximum Gasteiger partial charge on any atom is 0.282 e. The fourth-order valence-corrected chi connectivity index (χ4v) is 3.16. The van der Waals surface area contributed by atoms with E-state index in [4.69, 9.17) is 6.57 Å². The van der Waals surface area contributed by atoms with Crippen LogP contribution in [0.1, 0.15) is 26.0 Å². The van der Waals surface area contributed by atoms with E-state index in [0.717, 1.165) is 5.69 Å². The molecule has 1 saturated heterocycles. The highest BCUT2D eigenvalue weighted by atomic mass is 16.2. The Hall–Kier alpha value is -1.87. The zero-order valence-corrected chi connectivity index (χ0v) is 11.1. The molecule has 2 atom stereocenters. The molecule has 100 valence electrons. The Bertz CT molecular complexity index is 558. The third kappa shape index (κ3) is 1.58. The highest BCUT2D eigenvalue weighted by Crippen LogP contribution is 2.38. The number of nitrogens with one attached hydrogen (secondary N) is 1. The Labute approximate surface area is 112 Å². The molecule has 1 spiro atoms. The van der Waals surface area contributed by atoms with E-state index in [0.29, 0.717) is 19.5 Å². The molecule has 0 radical (unpaired) electrons. The van der Waals surface area contributed by atoms with Crippen LogP contribution < -0.4 is 5.32 Å². The Kier molecular flexibility index (Phi) is 2.61. The maximum absolute atomic E-state index is 12.4. The van der Waals surface area contributed by atoms with Crippen LogP contribution in [0.15, 0.2) is 12.5 Å². The van der Waals surface area contributed by atoms with Crippen molar-refractivity contribution in [3.8, 4) is 0 Å². The second-order valence-electron chi connectivity index (χ2n) is 5.55. The number of carbonyl (C=O) groups excluding carboxylic acids is 1. The van der Waals surface area contributed by atoms with E-state index in [1.54, 1.807) is 12.5 Å². The fourth-order valence-electron chi connectivity index (χ4n) is 3.16. The molecule has 1 amide bonds. The van der Waals surface area contributed by atoms with Crippen LogP contribution >= 0.6 is 0 Å². The van der Waals surface area contributed by atoms with E-state index < -0.39 is 5.54 Å². The molecular formula is C13H17N5O. The van der Waals surface area contributed by atoms with Gasteiger partial charge >= 0.3 is 0 Å². The van der Waals surface area contributed by atoms with Crippen molar-refractivity contribution in [1.29, 1.82) is 0 Å². The van der Waals surface area contributed by atoms with Crippen molar-refractivity contribution in [2.45, 2.75) is 44.6 Å². The van der Waals surface area contributed by atoms with Crippen LogP contribution in [0.25, 0.3) is 4.85 Å². The van der Waals surface area contributed by atoms with Gasteiger partial charge in [-0.2, -0.15) is 0 Å². The number of carbonyl (C=O) groups is 1. The number of hydrogen-bond acceptors (Lipinski definition) is 3. The second-order valence-corrected chi connectivity index (χ2v) is 5.55. The summed E-state index contributed by atoms with van der Waals surface area (Å²) in [5.41, 5.74) is 0.345. The zero-order valence-electron chi connectivity index (χ0n) is 11.1. The Morgan fingerprint density at radius 1 is 1.63 bits per heavy atom. The number of aromatic nitrogens is 2. The minimum absolute atomic E-state index is 0.00907. The molecule has 1 aromatic heterocycles. The van der Waals surface area contributed by atoms with Crippen LogP contribution in [0.3, 0.4) is 0 Å². The Balaban J connectivity index is 2.06. The number of likely N-dealkylation sites (tertiary alicyclic amines) is 1. The van der Waals surface area contributed by atoms with Crippen LogP contribution in [0.4, 0.5) is 0 Å². The van der Waals surface area contributed by atoms with Gasteiger partial charge in [-0.15, -0.1) is 0 Å². The first-order chi connectivity index (χ1) is 9.08. The summed E-state index contributed by atoms with van der Waals surface area (Å²) >= 11 is 0. The maximum atomic E-state index is 12.4. The largest absolute Gasteiger partial charge is 0.348 e. The topological polar surface area (TPSA) is 54.5 Å². The summed E-state index contributed by atoms with van der Waals surface area (Å²) in [5.74, 6) is 0.00907. The molecule has 3 rings (SSSR count). The first kappa shape index (κ1) is 12.2. The van der Waals surface area contributed by atoms with E-state index in [9.17, 15) is 4.79 Å². The van der Waals surface area contributed by atoms with Crippen LogP contribution in [0.2, 0.25) is 0 Å². The molecule has 1 aromatic rings. The fraction of sp³-hybridized carbons (Fsp3) is 0.615. The van der Waals surface area contributed by atoms with E-state index >= 15 is 0 Å². The smallest absolute Gasteiger partial charge is 0.282 e. The Morgan fingerprint density at radius 3 is 3.05 bits per heavy atom. The van der Waals surface area contributed by atoms with E-state index in [1.165, 1.54) is 0 Å².